The molecule has 162 valence electrons. The van der Waals surface area contributed by atoms with Crippen LogP contribution < -0.4 is 9.64 Å². The lowest BCUT2D eigenvalue weighted by Crippen LogP contribution is -2.30. The summed E-state index contributed by atoms with van der Waals surface area (Å²) < 4.78 is 5.36. The van der Waals surface area contributed by atoms with Gasteiger partial charge in [0.05, 0.1) is 24.3 Å². The number of halogens is 1. The molecular formula is C25H21ClN2O4. The van der Waals surface area contributed by atoms with E-state index in [-0.39, 0.29) is 16.9 Å². The van der Waals surface area contributed by atoms with Gasteiger partial charge in [-0.05, 0) is 61.4 Å². The SMILES string of the molecule is COc1ccc(Cl)cc1/C(O)=C1\C(=O)C(=O)N(c2ccc(C)cc2C)C1c1ccncc1. The molecule has 0 aliphatic carbocycles. The largest absolute Gasteiger partial charge is 0.507 e. The number of hydrogen-bond acceptors (Lipinski definition) is 5. The molecule has 3 aromatic rings. The molecule has 0 bridgehead atoms. The van der Waals surface area contributed by atoms with E-state index in [9.17, 15) is 14.7 Å². The fourth-order valence-corrected chi connectivity index (χ4v) is 4.20. The maximum Gasteiger partial charge on any atom is 0.300 e. The van der Waals surface area contributed by atoms with Crippen molar-refractivity contribution in [2.75, 3.05) is 12.0 Å². The number of methoxy groups -OCH3 is 1. The van der Waals surface area contributed by atoms with E-state index in [4.69, 9.17) is 16.3 Å². The molecule has 0 radical (unpaired) electrons. The summed E-state index contributed by atoms with van der Waals surface area (Å²) in [6.45, 7) is 3.84. The van der Waals surface area contributed by atoms with Crippen LogP contribution in [-0.2, 0) is 9.59 Å². The van der Waals surface area contributed by atoms with Gasteiger partial charge in [0.2, 0.25) is 0 Å². The van der Waals surface area contributed by atoms with Gasteiger partial charge >= 0.3 is 0 Å². The minimum absolute atomic E-state index is 0.0401. The molecule has 1 unspecified atom stereocenters. The minimum atomic E-state index is -0.844. The minimum Gasteiger partial charge on any atom is -0.507 e. The van der Waals surface area contributed by atoms with E-state index < -0.39 is 17.7 Å². The Balaban J connectivity index is 2.00. The number of aryl methyl sites for hydroxylation is 2. The van der Waals surface area contributed by atoms with Gasteiger partial charge in [0.15, 0.2) is 0 Å². The third kappa shape index (κ3) is 3.63. The summed E-state index contributed by atoms with van der Waals surface area (Å²) in [6.07, 6.45) is 3.16. The van der Waals surface area contributed by atoms with Crippen LogP contribution in [0.25, 0.3) is 5.76 Å². The van der Waals surface area contributed by atoms with Crippen LogP contribution >= 0.6 is 11.6 Å². The summed E-state index contributed by atoms with van der Waals surface area (Å²) in [4.78, 5) is 32.0. The van der Waals surface area contributed by atoms with Crippen LogP contribution in [0.5, 0.6) is 5.75 Å². The van der Waals surface area contributed by atoms with Crippen LogP contribution in [0.4, 0.5) is 5.69 Å². The average molecular weight is 449 g/mol. The van der Waals surface area contributed by atoms with Crippen molar-refractivity contribution in [1.82, 2.24) is 4.98 Å². The Morgan fingerprint density at radius 1 is 1.06 bits per heavy atom. The number of pyridine rings is 1. The number of Topliss-reactive ketones (excluding diaryl/α,β-unsaturated/α-hetero) is 1. The number of carbonyl (C=O) groups excluding carboxylic acids is 2. The molecule has 0 saturated carbocycles. The first kappa shape index (κ1) is 21.6. The van der Waals surface area contributed by atoms with Crippen molar-refractivity contribution in [2.45, 2.75) is 19.9 Å². The molecule has 1 aliphatic heterocycles. The van der Waals surface area contributed by atoms with Gasteiger partial charge in [-0.25, -0.2) is 0 Å². The normalized spacial score (nSPS) is 17.6. The molecule has 1 amide bonds. The van der Waals surface area contributed by atoms with E-state index in [0.717, 1.165) is 11.1 Å². The second-order valence-electron chi connectivity index (χ2n) is 7.58. The predicted octanol–water partition coefficient (Wildman–Crippen LogP) is 4.99. The van der Waals surface area contributed by atoms with Crippen molar-refractivity contribution in [2.24, 2.45) is 0 Å². The van der Waals surface area contributed by atoms with Gasteiger partial charge in [0.1, 0.15) is 11.5 Å². The van der Waals surface area contributed by atoms with Crippen molar-refractivity contribution in [3.05, 3.63) is 93.8 Å². The van der Waals surface area contributed by atoms with Crippen molar-refractivity contribution in [1.29, 1.82) is 0 Å². The first-order valence-corrected chi connectivity index (χ1v) is 10.3. The van der Waals surface area contributed by atoms with Gasteiger partial charge in [-0.15, -0.1) is 0 Å². The number of nitrogens with zero attached hydrogens (tertiary/aromatic N) is 2. The van der Waals surface area contributed by atoms with Gasteiger partial charge < -0.3 is 9.84 Å². The van der Waals surface area contributed by atoms with Gasteiger partial charge in [-0.2, -0.15) is 0 Å². The molecular weight excluding hydrogens is 428 g/mol. The molecule has 2 heterocycles. The quantitative estimate of drug-likeness (QED) is 0.345. The highest BCUT2D eigenvalue weighted by Crippen LogP contribution is 2.44. The number of ether oxygens (including phenoxy) is 1. The highest BCUT2D eigenvalue weighted by Gasteiger charge is 2.47. The topological polar surface area (TPSA) is 79.7 Å². The molecule has 1 fully saturated rings. The molecule has 0 spiro atoms. The zero-order valence-corrected chi connectivity index (χ0v) is 18.6. The molecule has 4 rings (SSSR count). The summed E-state index contributed by atoms with van der Waals surface area (Å²) in [5, 5.41) is 11.6. The zero-order chi connectivity index (χ0) is 23.0. The van der Waals surface area contributed by atoms with E-state index in [1.54, 1.807) is 36.7 Å². The third-order valence-corrected chi connectivity index (χ3v) is 5.73. The summed E-state index contributed by atoms with van der Waals surface area (Å²) in [5.74, 6) is -1.53. The van der Waals surface area contributed by atoms with Crippen LogP contribution in [-0.4, -0.2) is 28.9 Å². The molecule has 7 heteroatoms. The Kier molecular flexibility index (Phi) is 5.72. The van der Waals surface area contributed by atoms with Gasteiger partial charge in [-0.1, -0.05) is 29.3 Å². The van der Waals surface area contributed by atoms with E-state index in [2.05, 4.69) is 4.98 Å². The number of benzene rings is 2. The number of aromatic nitrogens is 1. The number of carbonyl (C=O) groups is 2. The van der Waals surface area contributed by atoms with Crippen LogP contribution in [0, 0.1) is 13.8 Å². The lowest BCUT2D eigenvalue weighted by Gasteiger charge is -2.27. The maximum atomic E-state index is 13.3. The van der Waals surface area contributed by atoms with E-state index >= 15 is 0 Å². The Hall–Kier alpha value is -3.64. The number of anilines is 1. The molecule has 1 N–H and O–H groups in total. The van der Waals surface area contributed by atoms with Crippen molar-refractivity contribution >= 4 is 34.7 Å². The van der Waals surface area contributed by atoms with Gasteiger partial charge in [-0.3, -0.25) is 19.5 Å². The van der Waals surface area contributed by atoms with Crippen molar-refractivity contribution in [3.63, 3.8) is 0 Å². The Labute approximate surface area is 190 Å². The summed E-state index contributed by atoms with van der Waals surface area (Å²) in [6, 6.07) is 12.9. The fourth-order valence-electron chi connectivity index (χ4n) is 4.03. The monoisotopic (exact) mass is 448 g/mol. The first-order chi connectivity index (χ1) is 15.3. The third-order valence-electron chi connectivity index (χ3n) is 5.49. The number of ketones is 1. The Morgan fingerprint density at radius 2 is 1.78 bits per heavy atom. The van der Waals surface area contributed by atoms with E-state index in [1.807, 2.05) is 32.0 Å². The molecule has 1 aromatic heterocycles. The predicted molar refractivity (Wildman–Crippen MR) is 123 cm³/mol. The molecule has 1 aliphatic rings. The maximum absolute atomic E-state index is 13.3. The van der Waals surface area contributed by atoms with Crippen LogP contribution in [0.1, 0.15) is 28.3 Å². The number of hydrogen-bond donors (Lipinski definition) is 1. The average Bonchev–Trinajstić information content (AvgIpc) is 3.04. The lowest BCUT2D eigenvalue weighted by atomic mass is 9.95. The molecule has 1 atom stereocenters. The highest BCUT2D eigenvalue weighted by molar-refractivity contribution is 6.51. The Bertz CT molecular complexity index is 1250. The van der Waals surface area contributed by atoms with Crippen LogP contribution in [0.2, 0.25) is 5.02 Å². The van der Waals surface area contributed by atoms with Crippen molar-refractivity contribution in [3.8, 4) is 5.75 Å². The summed E-state index contributed by atoms with van der Waals surface area (Å²) in [7, 11) is 1.45. The second kappa shape index (κ2) is 8.48. The highest BCUT2D eigenvalue weighted by atomic mass is 35.5. The Morgan fingerprint density at radius 3 is 2.44 bits per heavy atom. The number of amides is 1. The molecule has 2 aromatic carbocycles. The van der Waals surface area contributed by atoms with Crippen LogP contribution in [0.3, 0.4) is 0 Å². The van der Waals surface area contributed by atoms with Crippen LogP contribution in [0.15, 0.2) is 66.5 Å². The number of aliphatic hydroxyl groups excluding tert-OH is 1. The smallest absolute Gasteiger partial charge is 0.300 e. The van der Waals surface area contributed by atoms with E-state index in [0.29, 0.717) is 22.0 Å². The van der Waals surface area contributed by atoms with Crippen molar-refractivity contribution < 1.29 is 19.4 Å². The number of rotatable bonds is 4. The number of aliphatic hydroxyl groups is 1. The fraction of sp³-hybridized carbons (Fsp3) is 0.160. The zero-order valence-electron chi connectivity index (χ0n) is 17.8. The first-order valence-electron chi connectivity index (χ1n) is 9.95. The lowest BCUT2D eigenvalue weighted by molar-refractivity contribution is -0.132. The molecule has 32 heavy (non-hydrogen) atoms. The summed E-state index contributed by atoms with van der Waals surface area (Å²) >= 11 is 6.14. The molecule has 6 nitrogen and oxygen atoms in total. The second-order valence-corrected chi connectivity index (χ2v) is 8.02. The standard InChI is InChI=1S/C25H21ClN2O4/c1-14-4-6-19(15(2)12-14)28-22(16-8-10-27-11-9-16)21(24(30)25(28)31)23(29)18-13-17(26)5-7-20(18)32-3/h4-13,22,29H,1-3H3/b23-21+. The van der Waals surface area contributed by atoms with Gasteiger partial charge in [0, 0.05) is 23.1 Å². The van der Waals surface area contributed by atoms with Gasteiger partial charge in [0.25, 0.3) is 11.7 Å². The molecule has 1 saturated heterocycles. The summed E-state index contributed by atoms with van der Waals surface area (Å²) in [5.41, 5.74) is 3.30. The van der Waals surface area contributed by atoms with E-state index in [1.165, 1.54) is 18.1 Å².